The SMILES string of the molecule is CC(C)COC(=O)CCOCc1ccccc1. The first kappa shape index (κ1) is 13.7. The molecule has 3 heteroatoms. The minimum Gasteiger partial charge on any atom is -0.465 e. The van der Waals surface area contributed by atoms with Gasteiger partial charge in [-0.3, -0.25) is 4.79 Å². The van der Waals surface area contributed by atoms with Gasteiger partial charge in [0.25, 0.3) is 0 Å². The first-order valence-corrected chi connectivity index (χ1v) is 5.96. The van der Waals surface area contributed by atoms with E-state index in [1.54, 1.807) is 0 Å². The molecule has 0 aliphatic heterocycles. The lowest BCUT2D eigenvalue weighted by molar-refractivity contribution is -0.146. The van der Waals surface area contributed by atoms with Crippen LogP contribution < -0.4 is 0 Å². The van der Waals surface area contributed by atoms with Crippen LogP contribution in [0.25, 0.3) is 0 Å². The van der Waals surface area contributed by atoms with Gasteiger partial charge in [0, 0.05) is 0 Å². The second-order valence-electron chi connectivity index (χ2n) is 4.37. The highest BCUT2D eigenvalue weighted by molar-refractivity contribution is 5.69. The van der Waals surface area contributed by atoms with E-state index >= 15 is 0 Å². The van der Waals surface area contributed by atoms with Crippen molar-refractivity contribution in [2.45, 2.75) is 26.9 Å². The summed E-state index contributed by atoms with van der Waals surface area (Å²) in [5.41, 5.74) is 1.11. The molecule has 0 saturated carbocycles. The predicted molar refractivity (Wildman–Crippen MR) is 66.5 cm³/mol. The summed E-state index contributed by atoms with van der Waals surface area (Å²) in [5.74, 6) is 0.191. The minimum absolute atomic E-state index is 0.188. The molecule has 0 unspecified atom stereocenters. The average Bonchev–Trinajstić information content (AvgIpc) is 2.33. The molecule has 17 heavy (non-hydrogen) atoms. The zero-order valence-corrected chi connectivity index (χ0v) is 10.5. The number of carbonyl (C=O) groups is 1. The monoisotopic (exact) mass is 236 g/mol. The molecular formula is C14H20O3. The Morgan fingerprint density at radius 3 is 2.59 bits per heavy atom. The zero-order valence-electron chi connectivity index (χ0n) is 10.5. The molecule has 0 N–H and O–H groups in total. The van der Waals surface area contributed by atoms with Gasteiger partial charge >= 0.3 is 5.97 Å². The van der Waals surface area contributed by atoms with E-state index in [0.717, 1.165) is 5.56 Å². The summed E-state index contributed by atoms with van der Waals surface area (Å²) in [5, 5.41) is 0. The van der Waals surface area contributed by atoms with E-state index in [1.807, 2.05) is 44.2 Å². The van der Waals surface area contributed by atoms with Gasteiger partial charge in [0.1, 0.15) is 0 Å². The zero-order chi connectivity index (χ0) is 12.5. The van der Waals surface area contributed by atoms with Crippen molar-refractivity contribution in [3.63, 3.8) is 0 Å². The molecule has 0 atom stereocenters. The fourth-order valence-electron chi connectivity index (χ4n) is 1.25. The van der Waals surface area contributed by atoms with Crippen molar-refractivity contribution in [1.82, 2.24) is 0 Å². The molecule has 94 valence electrons. The quantitative estimate of drug-likeness (QED) is 0.539. The summed E-state index contributed by atoms with van der Waals surface area (Å²) in [6.45, 7) is 5.46. The van der Waals surface area contributed by atoms with E-state index in [1.165, 1.54) is 0 Å². The van der Waals surface area contributed by atoms with Gasteiger partial charge in [-0.05, 0) is 11.5 Å². The second kappa shape index (κ2) is 7.85. The third-order valence-corrected chi connectivity index (χ3v) is 2.14. The van der Waals surface area contributed by atoms with Crippen molar-refractivity contribution in [3.8, 4) is 0 Å². The average molecular weight is 236 g/mol. The molecule has 3 nitrogen and oxygen atoms in total. The molecule has 0 aliphatic carbocycles. The lowest BCUT2D eigenvalue weighted by atomic mass is 10.2. The summed E-state index contributed by atoms with van der Waals surface area (Å²) in [7, 11) is 0. The summed E-state index contributed by atoms with van der Waals surface area (Å²) in [6, 6.07) is 9.89. The van der Waals surface area contributed by atoms with Crippen molar-refractivity contribution < 1.29 is 14.3 Å². The predicted octanol–water partition coefficient (Wildman–Crippen LogP) is 2.79. The van der Waals surface area contributed by atoms with E-state index in [4.69, 9.17) is 9.47 Å². The van der Waals surface area contributed by atoms with Crippen molar-refractivity contribution in [2.24, 2.45) is 5.92 Å². The van der Waals surface area contributed by atoms with Gasteiger partial charge in [-0.15, -0.1) is 0 Å². The molecule has 0 heterocycles. The fourth-order valence-corrected chi connectivity index (χ4v) is 1.25. The van der Waals surface area contributed by atoms with Crippen LogP contribution in [-0.2, 0) is 20.9 Å². The van der Waals surface area contributed by atoms with Gasteiger partial charge in [-0.2, -0.15) is 0 Å². The van der Waals surface area contributed by atoms with E-state index in [0.29, 0.717) is 32.2 Å². The Morgan fingerprint density at radius 1 is 1.24 bits per heavy atom. The van der Waals surface area contributed by atoms with Gasteiger partial charge < -0.3 is 9.47 Å². The standard InChI is InChI=1S/C14H20O3/c1-12(2)10-17-14(15)8-9-16-11-13-6-4-3-5-7-13/h3-7,12H,8-11H2,1-2H3. The largest absolute Gasteiger partial charge is 0.465 e. The third-order valence-electron chi connectivity index (χ3n) is 2.14. The highest BCUT2D eigenvalue weighted by Gasteiger charge is 2.04. The molecule has 0 bridgehead atoms. The molecule has 1 aromatic rings. The van der Waals surface area contributed by atoms with E-state index in [9.17, 15) is 4.79 Å². The maximum Gasteiger partial charge on any atom is 0.308 e. The highest BCUT2D eigenvalue weighted by atomic mass is 16.5. The molecule has 0 aromatic heterocycles. The van der Waals surface area contributed by atoms with E-state index in [2.05, 4.69) is 0 Å². The van der Waals surface area contributed by atoms with Crippen LogP contribution in [0, 0.1) is 5.92 Å². The molecule has 1 rings (SSSR count). The van der Waals surface area contributed by atoms with Crippen molar-refractivity contribution in [1.29, 1.82) is 0 Å². The molecule has 0 radical (unpaired) electrons. The van der Waals surface area contributed by atoms with Gasteiger partial charge in [0.15, 0.2) is 0 Å². The molecule has 0 fully saturated rings. The van der Waals surface area contributed by atoms with Gasteiger partial charge in [-0.25, -0.2) is 0 Å². The van der Waals surface area contributed by atoms with Crippen LogP contribution in [0.2, 0.25) is 0 Å². The highest BCUT2D eigenvalue weighted by Crippen LogP contribution is 2.01. The topological polar surface area (TPSA) is 35.5 Å². The summed E-state index contributed by atoms with van der Waals surface area (Å²) in [6.07, 6.45) is 0.319. The van der Waals surface area contributed by atoms with Gasteiger partial charge in [0.2, 0.25) is 0 Å². The van der Waals surface area contributed by atoms with Crippen molar-refractivity contribution in [2.75, 3.05) is 13.2 Å². The summed E-state index contributed by atoms with van der Waals surface area (Å²) >= 11 is 0. The maximum atomic E-state index is 11.3. The van der Waals surface area contributed by atoms with Gasteiger partial charge in [0.05, 0.1) is 26.2 Å². The Morgan fingerprint density at radius 2 is 1.94 bits per heavy atom. The number of carbonyl (C=O) groups excluding carboxylic acids is 1. The van der Waals surface area contributed by atoms with Crippen LogP contribution in [0.1, 0.15) is 25.8 Å². The molecule has 0 spiro atoms. The normalized spacial score (nSPS) is 10.5. The Balaban J connectivity index is 2.06. The Bertz CT molecular complexity index is 319. The van der Waals surface area contributed by atoms with Crippen LogP contribution in [0.15, 0.2) is 30.3 Å². The third kappa shape index (κ3) is 6.74. The molecule has 0 saturated heterocycles. The maximum absolute atomic E-state index is 11.3. The van der Waals surface area contributed by atoms with E-state index in [-0.39, 0.29) is 5.97 Å². The van der Waals surface area contributed by atoms with Crippen LogP contribution >= 0.6 is 0 Å². The number of hydrogen-bond acceptors (Lipinski definition) is 3. The molecule has 0 aliphatic rings. The number of benzene rings is 1. The van der Waals surface area contributed by atoms with Crippen molar-refractivity contribution >= 4 is 5.97 Å². The first-order chi connectivity index (χ1) is 8.18. The van der Waals surface area contributed by atoms with Crippen LogP contribution in [-0.4, -0.2) is 19.2 Å². The molecule has 0 amide bonds. The summed E-state index contributed by atoms with van der Waals surface area (Å²) in [4.78, 5) is 11.3. The van der Waals surface area contributed by atoms with Crippen molar-refractivity contribution in [3.05, 3.63) is 35.9 Å². The molecular weight excluding hydrogens is 216 g/mol. The molecule has 1 aromatic carbocycles. The summed E-state index contributed by atoms with van der Waals surface area (Å²) < 4.78 is 10.4. The number of ether oxygens (including phenoxy) is 2. The van der Waals surface area contributed by atoms with Crippen LogP contribution in [0.5, 0.6) is 0 Å². The number of hydrogen-bond donors (Lipinski definition) is 0. The second-order valence-corrected chi connectivity index (χ2v) is 4.37. The van der Waals surface area contributed by atoms with Crippen LogP contribution in [0.3, 0.4) is 0 Å². The Hall–Kier alpha value is -1.35. The lowest BCUT2D eigenvalue weighted by Crippen LogP contribution is -2.12. The van der Waals surface area contributed by atoms with Crippen LogP contribution in [0.4, 0.5) is 0 Å². The Labute approximate surface area is 103 Å². The number of rotatable bonds is 7. The minimum atomic E-state index is -0.188. The van der Waals surface area contributed by atoms with E-state index < -0.39 is 0 Å². The number of esters is 1. The van der Waals surface area contributed by atoms with Gasteiger partial charge in [-0.1, -0.05) is 44.2 Å². The Kier molecular flexibility index (Phi) is 6.33. The smallest absolute Gasteiger partial charge is 0.308 e. The fraction of sp³-hybridized carbons (Fsp3) is 0.500. The lowest BCUT2D eigenvalue weighted by Gasteiger charge is -2.07. The first-order valence-electron chi connectivity index (χ1n) is 5.96.